The Morgan fingerprint density at radius 1 is 1.29 bits per heavy atom. The zero-order valence-electron chi connectivity index (χ0n) is 14.3. The summed E-state index contributed by atoms with van der Waals surface area (Å²) in [5, 5.41) is 5.67. The van der Waals surface area contributed by atoms with Crippen LogP contribution in [-0.4, -0.2) is 58.4 Å². The molecule has 7 heteroatoms. The molecule has 0 spiro atoms. The zero-order valence-corrected chi connectivity index (χ0v) is 14.3. The van der Waals surface area contributed by atoms with Crippen molar-refractivity contribution in [2.24, 2.45) is 0 Å². The molecule has 1 saturated heterocycles. The third-order valence-electron chi connectivity index (χ3n) is 3.73. The first-order chi connectivity index (χ1) is 11.6. The van der Waals surface area contributed by atoms with Gasteiger partial charge in [-0.05, 0) is 24.6 Å². The highest BCUT2D eigenvalue weighted by Crippen LogP contribution is 2.26. The van der Waals surface area contributed by atoms with E-state index in [1.165, 1.54) is 6.92 Å². The van der Waals surface area contributed by atoms with E-state index in [2.05, 4.69) is 15.5 Å². The summed E-state index contributed by atoms with van der Waals surface area (Å²) in [5.74, 6) is -0.262. The number of nitrogens with zero attached hydrogens (tertiary/aromatic N) is 1. The third-order valence-corrected chi connectivity index (χ3v) is 3.73. The highest BCUT2D eigenvalue weighted by molar-refractivity contribution is 6.01. The summed E-state index contributed by atoms with van der Waals surface area (Å²) >= 11 is 0. The number of carbonyl (C=O) groups is 2. The molecule has 0 unspecified atom stereocenters. The minimum absolute atomic E-state index is 0.123. The fourth-order valence-corrected chi connectivity index (χ4v) is 2.58. The van der Waals surface area contributed by atoms with E-state index in [0.29, 0.717) is 50.7 Å². The largest absolute Gasteiger partial charge is 0.385 e. The van der Waals surface area contributed by atoms with Crippen LogP contribution >= 0.6 is 0 Å². The van der Waals surface area contributed by atoms with Gasteiger partial charge in [0.1, 0.15) is 0 Å². The third kappa shape index (κ3) is 5.21. The molecule has 0 atom stereocenters. The van der Waals surface area contributed by atoms with E-state index in [4.69, 9.17) is 9.47 Å². The number of methoxy groups -OCH3 is 1. The lowest BCUT2D eigenvalue weighted by atomic mass is 10.1. The van der Waals surface area contributed by atoms with Gasteiger partial charge >= 0.3 is 0 Å². The summed E-state index contributed by atoms with van der Waals surface area (Å²) in [7, 11) is 1.64. The number of nitrogens with one attached hydrogen (secondary N) is 2. The second-order valence-electron chi connectivity index (χ2n) is 5.61. The molecule has 1 aromatic carbocycles. The SMILES string of the molecule is COCCCNC(=O)c1ccc(NC(C)=O)cc1N1CCOCC1. The Kier molecular flexibility index (Phi) is 7.02. The highest BCUT2D eigenvalue weighted by atomic mass is 16.5. The molecule has 24 heavy (non-hydrogen) atoms. The van der Waals surface area contributed by atoms with Crippen molar-refractivity contribution in [3.05, 3.63) is 23.8 Å². The smallest absolute Gasteiger partial charge is 0.253 e. The Hall–Kier alpha value is -2.12. The number of ether oxygens (including phenoxy) is 2. The Labute approximate surface area is 142 Å². The minimum atomic E-state index is -0.139. The van der Waals surface area contributed by atoms with E-state index in [1.807, 2.05) is 6.07 Å². The van der Waals surface area contributed by atoms with Gasteiger partial charge in [0.15, 0.2) is 0 Å². The Balaban J connectivity index is 2.17. The summed E-state index contributed by atoms with van der Waals surface area (Å²) in [6, 6.07) is 5.34. The molecular weight excluding hydrogens is 310 g/mol. The monoisotopic (exact) mass is 335 g/mol. The van der Waals surface area contributed by atoms with Crippen molar-refractivity contribution in [1.29, 1.82) is 0 Å². The summed E-state index contributed by atoms with van der Waals surface area (Å²) in [4.78, 5) is 25.9. The van der Waals surface area contributed by atoms with Gasteiger partial charge < -0.3 is 25.0 Å². The maximum Gasteiger partial charge on any atom is 0.253 e. The Morgan fingerprint density at radius 3 is 2.71 bits per heavy atom. The molecule has 0 aliphatic carbocycles. The van der Waals surface area contributed by atoms with Crippen molar-refractivity contribution in [2.45, 2.75) is 13.3 Å². The molecule has 0 aromatic heterocycles. The van der Waals surface area contributed by atoms with Crippen molar-refractivity contribution in [3.8, 4) is 0 Å². The van der Waals surface area contributed by atoms with Crippen LogP contribution in [0, 0.1) is 0 Å². The normalized spacial score (nSPS) is 14.3. The molecule has 0 saturated carbocycles. The van der Waals surface area contributed by atoms with E-state index in [1.54, 1.807) is 19.2 Å². The second-order valence-corrected chi connectivity index (χ2v) is 5.61. The van der Waals surface area contributed by atoms with Crippen molar-refractivity contribution >= 4 is 23.2 Å². The molecule has 1 aromatic rings. The molecule has 2 N–H and O–H groups in total. The van der Waals surface area contributed by atoms with Crippen molar-refractivity contribution < 1.29 is 19.1 Å². The van der Waals surface area contributed by atoms with E-state index in [0.717, 1.165) is 12.1 Å². The summed E-state index contributed by atoms with van der Waals surface area (Å²) in [6.07, 6.45) is 0.763. The van der Waals surface area contributed by atoms with Gasteiger partial charge in [-0.1, -0.05) is 0 Å². The van der Waals surface area contributed by atoms with Crippen LogP contribution in [0.25, 0.3) is 0 Å². The fourth-order valence-electron chi connectivity index (χ4n) is 2.58. The quantitative estimate of drug-likeness (QED) is 0.733. The van der Waals surface area contributed by atoms with Crippen molar-refractivity contribution in [3.63, 3.8) is 0 Å². The van der Waals surface area contributed by atoms with E-state index in [9.17, 15) is 9.59 Å². The highest BCUT2D eigenvalue weighted by Gasteiger charge is 2.19. The van der Waals surface area contributed by atoms with Gasteiger partial charge in [0.2, 0.25) is 5.91 Å². The average molecular weight is 335 g/mol. The molecule has 1 fully saturated rings. The molecule has 7 nitrogen and oxygen atoms in total. The Morgan fingerprint density at radius 2 is 2.04 bits per heavy atom. The van der Waals surface area contributed by atoms with Crippen LogP contribution in [0.5, 0.6) is 0 Å². The predicted octanol–water partition coefficient (Wildman–Crippen LogP) is 1.25. The number of anilines is 2. The van der Waals surface area contributed by atoms with Crippen LogP contribution < -0.4 is 15.5 Å². The van der Waals surface area contributed by atoms with Crippen LogP contribution in [0.15, 0.2) is 18.2 Å². The zero-order chi connectivity index (χ0) is 17.4. The molecule has 1 aliphatic rings. The molecule has 0 radical (unpaired) electrons. The maximum absolute atomic E-state index is 12.5. The lowest BCUT2D eigenvalue weighted by Gasteiger charge is -2.30. The minimum Gasteiger partial charge on any atom is -0.385 e. The van der Waals surface area contributed by atoms with Crippen molar-refractivity contribution in [2.75, 3.05) is 56.8 Å². The number of carbonyl (C=O) groups excluding carboxylic acids is 2. The number of amides is 2. The number of morpholine rings is 1. The molecule has 2 rings (SSSR count). The lowest BCUT2D eigenvalue weighted by Crippen LogP contribution is -2.38. The second kappa shape index (κ2) is 9.24. The predicted molar refractivity (Wildman–Crippen MR) is 92.6 cm³/mol. The Bertz CT molecular complexity index is 571. The molecule has 2 amide bonds. The first-order valence-corrected chi connectivity index (χ1v) is 8.13. The van der Waals surface area contributed by atoms with Gasteiger partial charge in [-0.25, -0.2) is 0 Å². The molecule has 132 valence electrons. The summed E-state index contributed by atoms with van der Waals surface area (Å²) < 4.78 is 10.4. The number of rotatable bonds is 7. The van der Waals surface area contributed by atoms with Crippen LogP contribution in [0.1, 0.15) is 23.7 Å². The number of hydrogen-bond donors (Lipinski definition) is 2. The van der Waals surface area contributed by atoms with Crippen LogP contribution in [0.2, 0.25) is 0 Å². The van der Waals surface area contributed by atoms with Gasteiger partial charge in [0.05, 0.1) is 24.5 Å². The van der Waals surface area contributed by atoms with Gasteiger partial charge in [-0.15, -0.1) is 0 Å². The van der Waals surface area contributed by atoms with E-state index >= 15 is 0 Å². The first kappa shape index (κ1) is 18.2. The topological polar surface area (TPSA) is 79.9 Å². The van der Waals surface area contributed by atoms with Crippen LogP contribution in [0.3, 0.4) is 0 Å². The summed E-state index contributed by atoms with van der Waals surface area (Å²) in [5.41, 5.74) is 2.09. The van der Waals surface area contributed by atoms with Gasteiger partial charge in [0.25, 0.3) is 5.91 Å². The number of benzene rings is 1. The van der Waals surface area contributed by atoms with E-state index < -0.39 is 0 Å². The van der Waals surface area contributed by atoms with Gasteiger partial charge in [0, 0.05) is 46.0 Å². The lowest BCUT2D eigenvalue weighted by molar-refractivity contribution is -0.114. The molecule has 0 bridgehead atoms. The maximum atomic E-state index is 12.5. The van der Waals surface area contributed by atoms with Crippen molar-refractivity contribution in [1.82, 2.24) is 5.32 Å². The fraction of sp³-hybridized carbons (Fsp3) is 0.529. The average Bonchev–Trinajstić information content (AvgIpc) is 2.59. The van der Waals surface area contributed by atoms with Gasteiger partial charge in [-0.3, -0.25) is 9.59 Å². The molecule has 1 heterocycles. The molecular formula is C17H25N3O4. The van der Waals surface area contributed by atoms with Gasteiger partial charge in [-0.2, -0.15) is 0 Å². The first-order valence-electron chi connectivity index (χ1n) is 8.13. The summed E-state index contributed by atoms with van der Waals surface area (Å²) in [6.45, 7) is 5.31. The molecule has 1 aliphatic heterocycles. The van der Waals surface area contributed by atoms with Crippen LogP contribution in [0.4, 0.5) is 11.4 Å². The van der Waals surface area contributed by atoms with E-state index in [-0.39, 0.29) is 11.8 Å². The standard InChI is InChI=1S/C17H25N3O4/c1-13(21)19-14-4-5-15(17(22)18-6-3-9-23-2)16(12-14)20-7-10-24-11-8-20/h4-5,12H,3,6-11H2,1-2H3,(H,18,22)(H,19,21). The number of hydrogen-bond acceptors (Lipinski definition) is 5. The van der Waals surface area contributed by atoms with Crippen LogP contribution in [-0.2, 0) is 14.3 Å².